The highest BCUT2D eigenvalue weighted by Crippen LogP contribution is 2.56. The monoisotopic (exact) mass is 396 g/mol. The number of hydrogen-bond donors (Lipinski definition) is 4. The molecule has 4 aliphatic carbocycles. The van der Waals surface area contributed by atoms with Crippen LogP contribution in [-0.2, 0) is 0 Å². The van der Waals surface area contributed by atoms with Gasteiger partial charge in [-0.15, -0.1) is 0 Å². The zero-order valence-electron chi connectivity index (χ0n) is 16.1. The third kappa shape index (κ3) is 3.44. The number of nitrogens with zero attached hydrogens (tertiary/aromatic N) is 1. The van der Waals surface area contributed by atoms with Gasteiger partial charge in [0.1, 0.15) is 11.6 Å². The van der Waals surface area contributed by atoms with E-state index < -0.39 is 11.5 Å². The molecular weight excluding hydrogens is 371 g/mol. The van der Waals surface area contributed by atoms with Gasteiger partial charge in [-0.2, -0.15) is 0 Å². The van der Waals surface area contributed by atoms with Crippen molar-refractivity contribution in [2.45, 2.75) is 43.7 Å². The van der Waals surface area contributed by atoms with Gasteiger partial charge in [-0.05, 0) is 74.1 Å². The molecule has 1 amide bonds. The van der Waals surface area contributed by atoms with E-state index in [4.69, 9.17) is 5.73 Å². The third-order valence-corrected chi connectivity index (χ3v) is 6.85. The van der Waals surface area contributed by atoms with Crippen LogP contribution in [0.15, 0.2) is 36.5 Å². The Kier molecular flexibility index (Phi) is 4.24. The molecule has 4 aliphatic rings. The van der Waals surface area contributed by atoms with Crippen molar-refractivity contribution >= 4 is 23.1 Å². The number of hydrogen-bond acceptors (Lipinski definition) is 5. The van der Waals surface area contributed by atoms with E-state index in [0.29, 0.717) is 40.5 Å². The highest BCUT2D eigenvalue weighted by molar-refractivity contribution is 5.98. The number of aromatic nitrogens is 1. The second-order valence-electron chi connectivity index (χ2n) is 8.98. The fourth-order valence-corrected chi connectivity index (χ4v) is 5.92. The number of carbonyl (C=O) groups is 1. The Morgan fingerprint density at radius 1 is 1.17 bits per heavy atom. The Balaban J connectivity index is 1.41. The van der Waals surface area contributed by atoms with Gasteiger partial charge in [0, 0.05) is 24.0 Å². The van der Waals surface area contributed by atoms with Crippen LogP contribution in [0.25, 0.3) is 0 Å². The number of carbonyl (C=O) groups excluding carboxylic acids is 1. The molecular formula is C22H25FN4O2. The van der Waals surface area contributed by atoms with Crippen molar-refractivity contribution < 1.29 is 14.3 Å². The molecule has 1 heterocycles. The number of nitrogens with two attached hydrogens (primary N) is 1. The number of pyridine rings is 1. The molecule has 4 saturated carbocycles. The van der Waals surface area contributed by atoms with Crippen LogP contribution in [0, 0.1) is 23.6 Å². The van der Waals surface area contributed by atoms with Gasteiger partial charge in [-0.3, -0.25) is 4.79 Å². The van der Waals surface area contributed by atoms with Crippen molar-refractivity contribution in [3.63, 3.8) is 0 Å². The minimum atomic E-state index is -0.532. The Labute approximate surface area is 168 Å². The van der Waals surface area contributed by atoms with Gasteiger partial charge < -0.3 is 21.5 Å². The Bertz CT molecular complexity index is 932. The summed E-state index contributed by atoms with van der Waals surface area (Å²) < 4.78 is 13.1. The van der Waals surface area contributed by atoms with Crippen molar-refractivity contribution in [3.05, 3.63) is 47.9 Å². The topological polar surface area (TPSA) is 100 Å². The maximum Gasteiger partial charge on any atom is 0.252 e. The number of primary amides is 1. The molecule has 3 unspecified atom stereocenters. The van der Waals surface area contributed by atoms with Crippen LogP contribution in [-0.4, -0.2) is 27.6 Å². The lowest BCUT2D eigenvalue weighted by molar-refractivity contribution is -0.129. The maximum absolute atomic E-state index is 13.1. The zero-order chi connectivity index (χ0) is 20.2. The summed E-state index contributed by atoms with van der Waals surface area (Å²) in [5.41, 5.74) is 6.78. The zero-order valence-corrected chi connectivity index (χ0v) is 16.1. The third-order valence-electron chi connectivity index (χ3n) is 6.85. The molecule has 1 aromatic carbocycles. The van der Waals surface area contributed by atoms with Crippen LogP contribution in [0.4, 0.5) is 21.6 Å². The molecule has 7 heteroatoms. The van der Waals surface area contributed by atoms with E-state index >= 15 is 0 Å². The van der Waals surface area contributed by atoms with E-state index in [9.17, 15) is 14.3 Å². The Morgan fingerprint density at radius 2 is 1.86 bits per heavy atom. The quantitative estimate of drug-likeness (QED) is 0.621. The first kappa shape index (κ1) is 18.4. The highest BCUT2D eigenvalue weighted by atomic mass is 19.1. The van der Waals surface area contributed by atoms with E-state index in [1.807, 2.05) is 0 Å². The molecule has 5 N–H and O–H groups in total. The maximum atomic E-state index is 13.1. The summed E-state index contributed by atoms with van der Waals surface area (Å²) in [5, 5.41) is 17.5. The minimum absolute atomic E-state index is 0.214. The van der Waals surface area contributed by atoms with Crippen LogP contribution in [0.2, 0.25) is 0 Å². The number of benzene rings is 1. The van der Waals surface area contributed by atoms with Gasteiger partial charge in [-0.1, -0.05) is 0 Å². The summed E-state index contributed by atoms with van der Waals surface area (Å²) in [6, 6.07) is 8.00. The molecule has 1 aromatic heterocycles. The number of halogens is 1. The van der Waals surface area contributed by atoms with Crippen LogP contribution in [0.5, 0.6) is 0 Å². The van der Waals surface area contributed by atoms with Gasteiger partial charge in [0.05, 0.1) is 16.9 Å². The molecule has 0 aliphatic heterocycles. The SMILES string of the molecule is NC(=O)c1cnc(Nc2ccc(F)cc2)cc1NC1[C@@H]2CC3C[C@H]1CC(O)(C3)C2. The second kappa shape index (κ2) is 6.69. The lowest BCUT2D eigenvalue weighted by atomic mass is 9.52. The summed E-state index contributed by atoms with van der Waals surface area (Å²) in [6.07, 6.45) is 6.27. The summed E-state index contributed by atoms with van der Waals surface area (Å²) >= 11 is 0. The molecule has 4 fully saturated rings. The van der Waals surface area contributed by atoms with E-state index in [-0.39, 0.29) is 11.9 Å². The van der Waals surface area contributed by atoms with E-state index in [1.165, 1.54) is 18.3 Å². The first-order valence-corrected chi connectivity index (χ1v) is 10.2. The molecule has 152 valence electrons. The second-order valence-corrected chi connectivity index (χ2v) is 8.98. The number of nitrogens with one attached hydrogen (secondary N) is 2. The van der Waals surface area contributed by atoms with E-state index in [2.05, 4.69) is 15.6 Å². The van der Waals surface area contributed by atoms with Gasteiger partial charge >= 0.3 is 0 Å². The average molecular weight is 396 g/mol. The molecule has 29 heavy (non-hydrogen) atoms. The summed E-state index contributed by atoms with van der Waals surface area (Å²) in [4.78, 5) is 16.3. The summed E-state index contributed by atoms with van der Waals surface area (Å²) in [7, 11) is 0. The molecule has 0 saturated heterocycles. The van der Waals surface area contributed by atoms with Crippen LogP contribution >= 0.6 is 0 Å². The summed E-state index contributed by atoms with van der Waals surface area (Å²) in [5.74, 6) is 1.11. The lowest BCUT2D eigenvalue weighted by Crippen LogP contribution is -2.59. The lowest BCUT2D eigenvalue weighted by Gasteiger charge is -2.58. The molecule has 5 atom stereocenters. The van der Waals surface area contributed by atoms with Crippen molar-refractivity contribution in [3.8, 4) is 0 Å². The smallest absolute Gasteiger partial charge is 0.252 e. The van der Waals surface area contributed by atoms with Crippen molar-refractivity contribution in [1.29, 1.82) is 0 Å². The predicted octanol–water partition coefficient (Wildman–Crippen LogP) is 3.41. The van der Waals surface area contributed by atoms with Crippen LogP contribution in [0.3, 0.4) is 0 Å². The van der Waals surface area contributed by atoms with Crippen LogP contribution < -0.4 is 16.4 Å². The minimum Gasteiger partial charge on any atom is -0.390 e. The number of aliphatic hydroxyl groups is 1. The largest absolute Gasteiger partial charge is 0.390 e. The molecule has 2 aromatic rings. The van der Waals surface area contributed by atoms with Gasteiger partial charge in [0.25, 0.3) is 5.91 Å². The fourth-order valence-electron chi connectivity index (χ4n) is 5.92. The fraction of sp³-hybridized carbons (Fsp3) is 0.455. The number of anilines is 3. The highest BCUT2D eigenvalue weighted by Gasteiger charge is 2.54. The predicted molar refractivity (Wildman–Crippen MR) is 108 cm³/mol. The Hall–Kier alpha value is -2.67. The van der Waals surface area contributed by atoms with Crippen molar-refractivity contribution in [2.24, 2.45) is 23.5 Å². The van der Waals surface area contributed by atoms with Crippen molar-refractivity contribution in [1.82, 2.24) is 4.98 Å². The van der Waals surface area contributed by atoms with Gasteiger partial charge in [-0.25, -0.2) is 9.37 Å². The first-order chi connectivity index (χ1) is 13.9. The average Bonchev–Trinajstić information content (AvgIpc) is 2.65. The van der Waals surface area contributed by atoms with E-state index in [0.717, 1.165) is 32.1 Å². The normalized spacial score (nSPS) is 32.2. The molecule has 0 spiro atoms. The summed E-state index contributed by atoms with van der Waals surface area (Å²) in [6.45, 7) is 0. The molecule has 4 bridgehead atoms. The Morgan fingerprint density at radius 3 is 2.48 bits per heavy atom. The molecule has 0 radical (unpaired) electrons. The number of rotatable bonds is 5. The molecule has 6 rings (SSSR count). The standard InChI is InChI=1S/C22H25FN4O2/c23-15-1-3-16(4-2-15)26-19-7-18(17(11-25-19)21(24)28)27-20-13-5-12-6-14(20)10-22(29,8-12)9-13/h1-4,7,11-14,20,29H,5-6,8-10H2,(H2,24,28)(H2,25,26,27)/t12?,13-,14+,20?,22?. The van der Waals surface area contributed by atoms with Crippen molar-refractivity contribution in [2.75, 3.05) is 10.6 Å². The number of amides is 1. The van der Waals surface area contributed by atoms with Gasteiger partial charge in [0.2, 0.25) is 0 Å². The van der Waals surface area contributed by atoms with E-state index in [1.54, 1.807) is 18.2 Å². The first-order valence-electron chi connectivity index (χ1n) is 10.2. The molecule has 6 nitrogen and oxygen atoms in total. The van der Waals surface area contributed by atoms with Crippen LogP contribution in [0.1, 0.15) is 42.5 Å². The van der Waals surface area contributed by atoms with Gasteiger partial charge in [0.15, 0.2) is 0 Å².